The summed E-state index contributed by atoms with van der Waals surface area (Å²) in [6.07, 6.45) is 18.7. The van der Waals surface area contributed by atoms with Gasteiger partial charge in [0.15, 0.2) is 11.6 Å². The fourth-order valence-corrected chi connectivity index (χ4v) is 14.8. The number of fused-ring (bicyclic) bond motifs is 6. The Morgan fingerprint density at radius 3 is 1.29 bits per heavy atom. The van der Waals surface area contributed by atoms with Gasteiger partial charge in [-0.25, -0.2) is 19.2 Å². The van der Waals surface area contributed by atoms with Crippen LogP contribution in [0, 0.1) is 11.8 Å². The van der Waals surface area contributed by atoms with Gasteiger partial charge in [-0.2, -0.15) is 0 Å². The molecule has 0 aromatic heterocycles. The second-order valence-electron chi connectivity index (χ2n) is 25.7. The summed E-state index contributed by atoms with van der Waals surface area (Å²) in [5, 5.41) is 23.5. The van der Waals surface area contributed by atoms with E-state index in [-0.39, 0.29) is 90.0 Å². The van der Waals surface area contributed by atoms with Crippen LogP contribution in [0.4, 0.5) is 0 Å². The van der Waals surface area contributed by atoms with E-state index in [1.807, 2.05) is 78.9 Å². The van der Waals surface area contributed by atoms with Crippen molar-refractivity contribution in [2.24, 2.45) is 32.5 Å². The van der Waals surface area contributed by atoms with Crippen molar-refractivity contribution in [3.63, 3.8) is 0 Å². The number of ketones is 4. The Morgan fingerprint density at radius 2 is 0.860 bits per heavy atom. The number of benzene rings is 6. The minimum absolute atomic E-state index is 0. The van der Waals surface area contributed by atoms with Crippen LogP contribution in [-0.4, -0.2) is 88.2 Å². The molecule has 2 unspecified atom stereocenters. The average Bonchev–Trinajstić information content (AvgIpc) is 1.58. The molecule has 0 radical (unpaired) electrons. The second kappa shape index (κ2) is 42.4. The molecule has 0 saturated carbocycles. The molecule has 18 nitrogen and oxygen atoms in total. The van der Waals surface area contributed by atoms with Gasteiger partial charge in [-0.15, -0.1) is 0 Å². The molecule has 0 amide bonds. The summed E-state index contributed by atoms with van der Waals surface area (Å²) in [6.45, 7) is 21.4. The molecule has 1 N–H and O–H groups in total. The lowest BCUT2D eigenvalue weighted by atomic mass is 9.71. The zero-order chi connectivity index (χ0) is 76.9. The molecule has 6 aromatic rings. The summed E-state index contributed by atoms with van der Waals surface area (Å²) >= 11 is 3.19. The predicted octanol–water partition coefficient (Wildman–Crippen LogP) is 19.5. The molecule has 0 aliphatic heterocycles. The quantitative estimate of drug-likeness (QED) is 0.0151. The lowest BCUT2D eigenvalue weighted by Crippen LogP contribution is -2.27. The molecule has 564 valence electrons. The number of aliphatic hydroxyl groups is 1. The Hall–Kier alpha value is -10.0. The third kappa shape index (κ3) is 23.0. The van der Waals surface area contributed by atoms with E-state index in [1.165, 1.54) is 72.2 Å². The number of rotatable bonds is 29. The van der Waals surface area contributed by atoms with Gasteiger partial charge in [0.25, 0.3) is 0 Å². The van der Waals surface area contributed by atoms with Crippen LogP contribution in [0.1, 0.15) is 211 Å². The number of nitrogens with zero attached hydrogens (tertiary/aromatic N) is 4. The first-order valence-electron chi connectivity index (χ1n) is 36.1. The van der Waals surface area contributed by atoms with Gasteiger partial charge in [0.05, 0.1) is 6.61 Å². The molecule has 10 rings (SSSR count). The maximum Gasteiger partial charge on any atom is 0.334 e. The topological polar surface area (TPSA) is 252 Å². The monoisotopic (exact) mass is 1490 g/mol. The Kier molecular flexibility index (Phi) is 34.0. The minimum Gasteiger partial charge on any atom is -0.491 e. The summed E-state index contributed by atoms with van der Waals surface area (Å²) in [5.74, 6) is -2.55. The van der Waals surface area contributed by atoms with Gasteiger partial charge in [-0.3, -0.25) is 19.2 Å². The smallest absolute Gasteiger partial charge is 0.334 e. The Morgan fingerprint density at radius 1 is 0.458 bits per heavy atom. The first-order valence-corrected chi connectivity index (χ1v) is 37.8. The zero-order valence-electron chi connectivity index (χ0n) is 62.7. The van der Waals surface area contributed by atoms with Crippen molar-refractivity contribution in [3.8, 4) is 5.75 Å². The number of allylic oxidation sites excluding steroid dienone is 8. The molecule has 107 heavy (non-hydrogen) atoms. The van der Waals surface area contributed by atoms with Crippen molar-refractivity contribution in [2.45, 2.75) is 198 Å². The van der Waals surface area contributed by atoms with Gasteiger partial charge < -0.3 is 29.2 Å². The minimum atomic E-state index is -0.573. The molecule has 0 heterocycles. The van der Waals surface area contributed by atoms with Crippen molar-refractivity contribution in [2.75, 3.05) is 13.2 Å². The molecule has 20 heteroatoms. The summed E-state index contributed by atoms with van der Waals surface area (Å²) in [6, 6.07) is 49.2. The molecule has 6 aromatic carbocycles. The van der Waals surface area contributed by atoms with Gasteiger partial charge in [-0.05, 0) is 202 Å². The highest BCUT2D eigenvalue weighted by Crippen LogP contribution is 2.57. The number of ether oxygens (including phenoxy) is 1. The Balaban J connectivity index is 0.000000223. The predicted molar refractivity (Wildman–Crippen MR) is 425 cm³/mol. The zero-order valence-corrected chi connectivity index (χ0v) is 64.3. The molecule has 2 atom stereocenters. The van der Waals surface area contributed by atoms with E-state index in [4.69, 9.17) is 19.5 Å². The highest BCUT2D eigenvalue weighted by Gasteiger charge is 2.46. The van der Waals surface area contributed by atoms with Crippen LogP contribution in [0.25, 0.3) is 11.1 Å². The largest absolute Gasteiger partial charge is 0.491 e. The molecular formula is C87H100N4O14S2. The molecule has 0 bridgehead atoms. The third-order valence-corrected chi connectivity index (χ3v) is 20.8. The molecule has 4 aliphatic rings. The normalized spacial score (nSPS) is 15.7. The Labute approximate surface area is 638 Å². The maximum absolute atomic E-state index is 12.9. The van der Waals surface area contributed by atoms with Crippen LogP contribution >= 0.6 is 23.5 Å². The van der Waals surface area contributed by atoms with E-state index in [0.717, 1.165) is 70.9 Å². The van der Waals surface area contributed by atoms with Crippen LogP contribution < -0.4 is 4.74 Å². The van der Waals surface area contributed by atoms with Crippen LogP contribution in [0.15, 0.2) is 227 Å². The fourth-order valence-electron chi connectivity index (χ4n) is 13.1. The van der Waals surface area contributed by atoms with E-state index in [0.29, 0.717) is 41.9 Å². The number of hydrogen-bond acceptors (Lipinski definition) is 20. The van der Waals surface area contributed by atoms with E-state index in [1.54, 1.807) is 68.6 Å². The lowest BCUT2D eigenvalue weighted by Gasteiger charge is -2.32. The number of unbranched alkanes of at least 4 members (excludes halogenated alkanes) is 3. The van der Waals surface area contributed by atoms with Gasteiger partial charge in [-0.1, -0.05) is 203 Å². The maximum atomic E-state index is 12.9. The van der Waals surface area contributed by atoms with Gasteiger partial charge in [0.1, 0.15) is 35.2 Å². The number of carbonyl (C=O) groups excluding carboxylic acids is 8. The average molecular weight is 1490 g/mol. The van der Waals surface area contributed by atoms with Crippen molar-refractivity contribution in [1.82, 2.24) is 0 Å². The lowest BCUT2D eigenvalue weighted by molar-refractivity contribution is -0.143. The van der Waals surface area contributed by atoms with Crippen LogP contribution in [0.3, 0.4) is 0 Å². The number of carbonyl (C=O) groups is 8. The number of aliphatic hydroxyl groups excluding tert-OH is 1. The summed E-state index contributed by atoms with van der Waals surface area (Å²) in [5.41, 5.74) is 12.2. The van der Waals surface area contributed by atoms with Gasteiger partial charge in [0, 0.05) is 80.6 Å². The Bertz CT molecular complexity index is 4370. The molecule has 0 saturated heterocycles. The highest BCUT2D eigenvalue weighted by molar-refractivity contribution is 7.99. The first-order chi connectivity index (χ1) is 51.0. The number of hydrogen-bond donors (Lipinski definition) is 1. The summed E-state index contributed by atoms with van der Waals surface area (Å²) in [7, 11) is 0. The summed E-state index contributed by atoms with van der Waals surface area (Å²) < 4.78 is 5.32. The van der Waals surface area contributed by atoms with Crippen molar-refractivity contribution in [3.05, 3.63) is 220 Å². The van der Waals surface area contributed by atoms with Gasteiger partial charge >= 0.3 is 23.9 Å². The van der Waals surface area contributed by atoms with Gasteiger partial charge in [0.2, 0.25) is 11.6 Å². The van der Waals surface area contributed by atoms with Crippen LogP contribution in [0.5, 0.6) is 5.75 Å². The van der Waals surface area contributed by atoms with Crippen molar-refractivity contribution >= 4 is 105 Å². The molecule has 4 aliphatic carbocycles. The van der Waals surface area contributed by atoms with Crippen molar-refractivity contribution < 1.29 is 67.6 Å². The summed E-state index contributed by atoms with van der Waals surface area (Å²) in [4.78, 5) is 117. The standard InChI is InChI=1S/C23H27NO3.C22H25NO3S.C22H25NO3.C19H19NO5S.CH4/c1-5-21(25)27-24-15(4)22(26)16-12-13-18-17-10-8-9-11-19(17)23(6-2,7-3)20(18)14-16;1-3-4-5-9-12-21(23-26-17(2)24)22(25)18-13-15-20(16-14-18)27-19-10-7-6-8-11-19;1-5-22(6-2)19-10-8-7-9-17(19)18-12-11-16(13-20(18)22)21(25)14(3)23-26-15(4)24;1-13(20-25-14(2)22)19(23)15-3-7-17(8-4-15)26-18-9-5-16(6-10-18)24-12-11-21;/h8-11,13-14,16H,5-7,12H2,1-4H3;6-8,10-11,13-16H,3-5,9,12H2,1-2H3;7-10,12-13,16H,5-6,11H2,1-4H3;3-10,21H,11-12H2,1-2H3;1H4/b24-15+;23-21-;23-14+;20-13-;. The van der Waals surface area contributed by atoms with Crippen LogP contribution in [0.2, 0.25) is 0 Å². The van der Waals surface area contributed by atoms with E-state index in [9.17, 15) is 38.4 Å². The third-order valence-electron chi connectivity index (χ3n) is 18.7. The highest BCUT2D eigenvalue weighted by atomic mass is 32.2. The number of Topliss-reactive ketones (excluding diaryl/α,β-unsaturated/α-hetero) is 4. The molecule has 0 fully saturated rings. The molecular weight excluding hydrogens is 1390 g/mol. The SMILES string of the molecule is C.CC(=O)O/N=C(/C)C(=O)c1ccc(Sc2ccc(OCCO)cc2)cc1.CCC(=O)O/N=C(\C)C(=O)C1C=C2C(=CC1)c1ccccc1C2(CC)CC.CCC1(CC)C2=CC(C(=O)/C(C)=N/OC(C)=O)CC=C2c2ccccc21.CCCCCC/C(=N/OC(C)=O)C(=O)c1ccc(Sc2ccccc2)cc1. The van der Waals surface area contributed by atoms with Crippen LogP contribution in [-0.2, 0) is 58.9 Å². The van der Waals surface area contributed by atoms with E-state index >= 15 is 0 Å². The fraction of sp³-hybridized carbons (Fsp3) is 0.356. The van der Waals surface area contributed by atoms with Crippen molar-refractivity contribution in [1.29, 1.82) is 0 Å². The molecule has 0 spiro atoms. The second-order valence-corrected chi connectivity index (χ2v) is 28.0. The number of oxime groups is 4. The van der Waals surface area contributed by atoms with E-state index in [2.05, 4.69) is 138 Å². The van der Waals surface area contributed by atoms with E-state index < -0.39 is 23.9 Å². The first kappa shape index (κ1) is 85.9.